The molecule has 4 heteroatoms. The average molecular weight is 312 g/mol. The van der Waals surface area contributed by atoms with E-state index in [4.69, 9.17) is 0 Å². The molecule has 2 atom stereocenters. The van der Waals surface area contributed by atoms with E-state index in [0.29, 0.717) is 12.8 Å². The Morgan fingerprint density at radius 1 is 1.05 bits per heavy atom. The van der Waals surface area contributed by atoms with E-state index in [-0.39, 0.29) is 17.4 Å². The Labute approximate surface area is 134 Å². The van der Waals surface area contributed by atoms with Gasteiger partial charge in [0, 0.05) is 0 Å². The molecule has 128 valence electrons. The molecule has 0 spiro atoms. The second-order valence-corrected chi connectivity index (χ2v) is 6.55. The van der Waals surface area contributed by atoms with Crippen molar-refractivity contribution in [1.82, 2.24) is 0 Å². The summed E-state index contributed by atoms with van der Waals surface area (Å²) in [6.45, 7) is 9.70. The molecule has 0 aromatic rings. The van der Waals surface area contributed by atoms with Gasteiger partial charge in [-0.05, 0) is 24.7 Å². The summed E-state index contributed by atoms with van der Waals surface area (Å²) in [5.74, 6) is -2.29. The van der Waals surface area contributed by atoms with Crippen LogP contribution in [0.25, 0.3) is 0 Å². The molecule has 0 aromatic heterocycles. The highest BCUT2D eigenvalue weighted by Crippen LogP contribution is 2.44. The van der Waals surface area contributed by atoms with Gasteiger partial charge in [-0.1, -0.05) is 66.4 Å². The molecule has 0 amide bonds. The summed E-state index contributed by atoms with van der Waals surface area (Å²) in [7, 11) is 0. The van der Waals surface area contributed by atoms with Crippen LogP contribution in [0.1, 0.15) is 73.1 Å². The minimum atomic E-state index is -1.29. The highest BCUT2D eigenvalue weighted by atomic mass is 16.4. The SMILES string of the molecule is CCCCC(C)C(CCCC)(C(=O)O)C(=CC(C)C)C(=O)O. The van der Waals surface area contributed by atoms with Crippen LogP contribution in [-0.4, -0.2) is 22.2 Å². The number of carboxylic acid groups (broad SMARTS) is 2. The third-order valence-corrected chi connectivity index (χ3v) is 4.35. The molecule has 2 N–H and O–H groups in total. The predicted octanol–water partition coefficient (Wildman–Crippen LogP) is 4.74. The van der Waals surface area contributed by atoms with Gasteiger partial charge in [-0.15, -0.1) is 0 Å². The first-order valence-electron chi connectivity index (χ1n) is 8.42. The maximum absolute atomic E-state index is 12.2. The molecule has 4 nitrogen and oxygen atoms in total. The number of carbonyl (C=O) groups is 2. The van der Waals surface area contributed by atoms with Crippen molar-refractivity contribution in [1.29, 1.82) is 0 Å². The summed E-state index contributed by atoms with van der Waals surface area (Å²) in [6, 6.07) is 0. The lowest BCUT2D eigenvalue weighted by atomic mass is 9.65. The van der Waals surface area contributed by atoms with Gasteiger partial charge in [0.05, 0.1) is 5.57 Å². The zero-order valence-electron chi connectivity index (χ0n) is 14.7. The monoisotopic (exact) mass is 312 g/mol. The summed E-state index contributed by atoms with van der Waals surface area (Å²) < 4.78 is 0. The Morgan fingerprint density at radius 2 is 1.59 bits per heavy atom. The standard InChI is InChI=1S/C18H32O4/c1-6-8-10-14(5)18(17(21)22,11-9-7-2)15(16(19)20)12-13(3)4/h12-14H,6-11H2,1-5H3,(H,19,20)(H,21,22). The van der Waals surface area contributed by atoms with Gasteiger partial charge in [-0.3, -0.25) is 4.79 Å². The number of aliphatic carboxylic acids is 2. The van der Waals surface area contributed by atoms with Crippen molar-refractivity contribution >= 4 is 11.9 Å². The molecule has 0 fully saturated rings. The van der Waals surface area contributed by atoms with E-state index in [9.17, 15) is 19.8 Å². The van der Waals surface area contributed by atoms with Gasteiger partial charge in [-0.25, -0.2) is 4.79 Å². The van der Waals surface area contributed by atoms with Crippen molar-refractivity contribution in [3.05, 3.63) is 11.6 Å². The van der Waals surface area contributed by atoms with E-state index in [1.165, 1.54) is 0 Å². The zero-order valence-corrected chi connectivity index (χ0v) is 14.7. The second-order valence-electron chi connectivity index (χ2n) is 6.55. The van der Waals surface area contributed by atoms with E-state index in [1.54, 1.807) is 6.08 Å². The highest BCUT2D eigenvalue weighted by molar-refractivity contribution is 5.96. The lowest BCUT2D eigenvalue weighted by molar-refractivity contribution is -0.153. The topological polar surface area (TPSA) is 74.6 Å². The molecule has 2 unspecified atom stereocenters. The molecule has 0 aliphatic heterocycles. The Kier molecular flexibility index (Phi) is 9.07. The van der Waals surface area contributed by atoms with E-state index >= 15 is 0 Å². The maximum atomic E-state index is 12.2. The summed E-state index contributed by atoms with van der Waals surface area (Å²) >= 11 is 0. The van der Waals surface area contributed by atoms with Gasteiger partial charge in [0.1, 0.15) is 5.41 Å². The van der Waals surface area contributed by atoms with Crippen molar-refractivity contribution in [2.45, 2.75) is 73.1 Å². The molecule has 0 saturated carbocycles. The molecule has 0 heterocycles. The van der Waals surface area contributed by atoms with Gasteiger partial charge in [0.2, 0.25) is 0 Å². The van der Waals surface area contributed by atoms with Gasteiger partial charge < -0.3 is 10.2 Å². The molecule has 0 radical (unpaired) electrons. The Morgan fingerprint density at radius 3 is 1.95 bits per heavy atom. The number of rotatable bonds is 11. The molecule has 0 aromatic carbocycles. The lowest BCUT2D eigenvalue weighted by Gasteiger charge is -2.36. The third-order valence-electron chi connectivity index (χ3n) is 4.35. The average Bonchev–Trinajstić information content (AvgIpc) is 2.43. The molecule has 0 bridgehead atoms. The predicted molar refractivity (Wildman–Crippen MR) is 88.8 cm³/mol. The van der Waals surface area contributed by atoms with E-state index in [1.807, 2.05) is 27.7 Å². The van der Waals surface area contributed by atoms with Crippen LogP contribution >= 0.6 is 0 Å². The molecule has 22 heavy (non-hydrogen) atoms. The van der Waals surface area contributed by atoms with Crippen molar-refractivity contribution < 1.29 is 19.8 Å². The number of hydrogen-bond acceptors (Lipinski definition) is 2. The molecular formula is C18H32O4. The van der Waals surface area contributed by atoms with Crippen molar-refractivity contribution in [3.8, 4) is 0 Å². The van der Waals surface area contributed by atoms with Crippen molar-refractivity contribution in [2.75, 3.05) is 0 Å². The fourth-order valence-electron chi connectivity index (χ4n) is 3.04. The third kappa shape index (κ3) is 5.15. The van der Waals surface area contributed by atoms with E-state index in [0.717, 1.165) is 25.7 Å². The van der Waals surface area contributed by atoms with Crippen LogP contribution in [0, 0.1) is 17.3 Å². The van der Waals surface area contributed by atoms with Crippen molar-refractivity contribution in [2.24, 2.45) is 17.3 Å². The fraction of sp³-hybridized carbons (Fsp3) is 0.778. The minimum absolute atomic E-state index is 0.00447. The van der Waals surface area contributed by atoms with Gasteiger partial charge in [-0.2, -0.15) is 0 Å². The zero-order chi connectivity index (χ0) is 17.3. The second kappa shape index (κ2) is 9.65. The van der Waals surface area contributed by atoms with E-state index < -0.39 is 17.4 Å². The van der Waals surface area contributed by atoms with Crippen LogP contribution in [0.2, 0.25) is 0 Å². The van der Waals surface area contributed by atoms with Crippen LogP contribution < -0.4 is 0 Å². The first-order valence-corrected chi connectivity index (χ1v) is 8.42. The molecular weight excluding hydrogens is 280 g/mol. The largest absolute Gasteiger partial charge is 0.481 e. The van der Waals surface area contributed by atoms with Gasteiger partial charge in [0.15, 0.2) is 0 Å². The smallest absolute Gasteiger partial charge is 0.332 e. The normalized spacial score (nSPS) is 16.4. The fourth-order valence-corrected chi connectivity index (χ4v) is 3.04. The van der Waals surface area contributed by atoms with E-state index in [2.05, 4.69) is 6.92 Å². The molecule has 0 rings (SSSR count). The highest BCUT2D eigenvalue weighted by Gasteiger charge is 2.48. The lowest BCUT2D eigenvalue weighted by Crippen LogP contribution is -2.42. The van der Waals surface area contributed by atoms with Crippen LogP contribution in [-0.2, 0) is 9.59 Å². The summed E-state index contributed by atoms with van der Waals surface area (Å²) in [5.41, 5.74) is -1.23. The first kappa shape index (κ1) is 20.7. The summed E-state index contributed by atoms with van der Waals surface area (Å²) in [4.78, 5) is 24.0. The number of unbranched alkanes of at least 4 members (excludes halogenated alkanes) is 2. The first-order chi connectivity index (χ1) is 10.2. The quantitative estimate of drug-likeness (QED) is 0.540. The summed E-state index contributed by atoms with van der Waals surface area (Å²) in [5, 5.41) is 19.6. The number of hydrogen-bond donors (Lipinski definition) is 2. The minimum Gasteiger partial charge on any atom is -0.481 e. The van der Waals surface area contributed by atoms with Gasteiger partial charge in [0.25, 0.3) is 0 Å². The molecule has 0 aliphatic rings. The number of carboxylic acids is 2. The van der Waals surface area contributed by atoms with Crippen LogP contribution in [0.15, 0.2) is 11.6 Å². The molecule has 0 saturated heterocycles. The van der Waals surface area contributed by atoms with Gasteiger partial charge >= 0.3 is 11.9 Å². The van der Waals surface area contributed by atoms with Crippen LogP contribution in [0.5, 0.6) is 0 Å². The maximum Gasteiger partial charge on any atom is 0.332 e. The summed E-state index contributed by atoms with van der Waals surface area (Å²) in [6.07, 6.45) is 6.19. The Hall–Kier alpha value is -1.32. The Bertz CT molecular complexity index is 398. The van der Waals surface area contributed by atoms with Crippen LogP contribution in [0.3, 0.4) is 0 Å². The Balaban J connectivity index is 5.99. The molecule has 0 aliphatic carbocycles. The van der Waals surface area contributed by atoms with Crippen molar-refractivity contribution in [3.63, 3.8) is 0 Å². The number of allylic oxidation sites excluding steroid dienone is 1. The van der Waals surface area contributed by atoms with Crippen LogP contribution in [0.4, 0.5) is 0 Å².